The van der Waals surface area contributed by atoms with Crippen LogP contribution in [0.2, 0.25) is 0 Å². The molecule has 2 aromatic rings. The predicted octanol–water partition coefficient (Wildman–Crippen LogP) is 3.94. The summed E-state index contributed by atoms with van der Waals surface area (Å²) in [5.41, 5.74) is 1.16. The largest absolute Gasteiger partial charge is 0.454 e. The molecule has 0 fully saturated rings. The molecule has 0 N–H and O–H groups in total. The van der Waals surface area contributed by atoms with E-state index in [1.165, 1.54) is 12.1 Å². The molecule has 0 spiro atoms. The van der Waals surface area contributed by atoms with Crippen molar-refractivity contribution in [3.05, 3.63) is 59.2 Å². The molecule has 0 aliphatic rings. The lowest BCUT2D eigenvalue weighted by Gasteiger charge is -2.09. The van der Waals surface area contributed by atoms with Gasteiger partial charge >= 0.3 is 0 Å². The van der Waals surface area contributed by atoms with E-state index in [-0.39, 0.29) is 5.75 Å². The maximum atomic E-state index is 13.4. The summed E-state index contributed by atoms with van der Waals surface area (Å²) in [7, 11) is 0. The molecule has 0 atom stereocenters. The summed E-state index contributed by atoms with van der Waals surface area (Å²) in [6, 6.07) is 10.4. The van der Waals surface area contributed by atoms with E-state index in [4.69, 9.17) is 10.00 Å². The van der Waals surface area contributed by atoms with Crippen LogP contribution >= 0.6 is 0 Å². The molecule has 18 heavy (non-hydrogen) atoms. The molecule has 4 heteroatoms. The highest BCUT2D eigenvalue weighted by Gasteiger charge is 2.10. The highest BCUT2D eigenvalue weighted by Crippen LogP contribution is 2.28. The molecule has 2 nitrogen and oxygen atoms in total. The number of rotatable bonds is 2. The van der Waals surface area contributed by atoms with Crippen LogP contribution in [0.5, 0.6) is 11.5 Å². The van der Waals surface area contributed by atoms with Crippen molar-refractivity contribution >= 4 is 0 Å². The molecule has 0 heterocycles. The Kier molecular flexibility index (Phi) is 3.24. The van der Waals surface area contributed by atoms with Crippen LogP contribution in [0.4, 0.5) is 8.78 Å². The lowest BCUT2D eigenvalue weighted by atomic mass is 10.1. The van der Waals surface area contributed by atoms with Crippen LogP contribution in [0, 0.1) is 29.9 Å². The number of nitriles is 1. The van der Waals surface area contributed by atoms with Crippen molar-refractivity contribution in [3.8, 4) is 17.6 Å². The third-order valence-electron chi connectivity index (χ3n) is 2.44. The van der Waals surface area contributed by atoms with Crippen molar-refractivity contribution in [2.45, 2.75) is 6.92 Å². The van der Waals surface area contributed by atoms with Crippen LogP contribution in [0.25, 0.3) is 0 Å². The number of hydrogen-bond acceptors (Lipinski definition) is 2. The molecule has 0 aliphatic carbocycles. The van der Waals surface area contributed by atoms with Gasteiger partial charge < -0.3 is 4.74 Å². The fourth-order valence-electron chi connectivity index (χ4n) is 1.51. The van der Waals surface area contributed by atoms with Gasteiger partial charge in [-0.2, -0.15) is 9.65 Å². The Morgan fingerprint density at radius 2 is 1.89 bits per heavy atom. The fourth-order valence-corrected chi connectivity index (χ4v) is 1.51. The molecular formula is C14H9F2NO. The molecule has 2 rings (SSSR count). The zero-order chi connectivity index (χ0) is 13.1. The van der Waals surface area contributed by atoms with Crippen molar-refractivity contribution in [2.24, 2.45) is 0 Å². The Hall–Kier alpha value is -2.41. The zero-order valence-corrected chi connectivity index (χ0v) is 9.58. The lowest BCUT2D eigenvalue weighted by Crippen LogP contribution is -1.93. The van der Waals surface area contributed by atoms with Gasteiger partial charge in [-0.25, -0.2) is 4.39 Å². The average molecular weight is 245 g/mol. The fraction of sp³-hybridized carbons (Fsp3) is 0.0714. The third-order valence-corrected chi connectivity index (χ3v) is 2.44. The average Bonchev–Trinajstić information content (AvgIpc) is 2.37. The van der Waals surface area contributed by atoms with Crippen molar-refractivity contribution in [1.29, 1.82) is 5.26 Å². The zero-order valence-electron chi connectivity index (χ0n) is 9.58. The van der Waals surface area contributed by atoms with E-state index in [1.807, 2.05) is 6.07 Å². The third kappa shape index (κ3) is 2.30. The number of ether oxygens (including phenoxy) is 1. The molecule has 0 aliphatic heterocycles. The monoisotopic (exact) mass is 245 g/mol. The molecule has 2 aromatic carbocycles. The summed E-state index contributed by atoms with van der Waals surface area (Å²) in [6.07, 6.45) is 0. The van der Waals surface area contributed by atoms with E-state index >= 15 is 0 Å². The van der Waals surface area contributed by atoms with Crippen LogP contribution in [-0.4, -0.2) is 0 Å². The van der Waals surface area contributed by atoms with Gasteiger partial charge in [-0.1, -0.05) is 6.07 Å². The van der Waals surface area contributed by atoms with Gasteiger partial charge in [0.15, 0.2) is 11.6 Å². The van der Waals surface area contributed by atoms with Crippen LogP contribution in [-0.2, 0) is 0 Å². The molecular weight excluding hydrogens is 236 g/mol. The minimum atomic E-state index is -1.03. The van der Waals surface area contributed by atoms with Gasteiger partial charge in [0.2, 0.25) is 5.82 Å². The molecule has 0 radical (unpaired) electrons. The first-order valence-electron chi connectivity index (χ1n) is 5.24. The van der Waals surface area contributed by atoms with E-state index in [9.17, 15) is 8.78 Å². The molecule has 0 bridgehead atoms. The topological polar surface area (TPSA) is 33.0 Å². The predicted molar refractivity (Wildman–Crippen MR) is 62.3 cm³/mol. The van der Waals surface area contributed by atoms with Crippen LogP contribution in [0.1, 0.15) is 11.1 Å². The Bertz CT molecular complexity index is 632. The van der Waals surface area contributed by atoms with Crippen molar-refractivity contribution in [2.75, 3.05) is 0 Å². The minimum absolute atomic E-state index is 0.178. The van der Waals surface area contributed by atoms with Crippen molar-refractivity contribution in [3.63, 3.8) is 0 Å². The summed E-state index contributed by atoms with van der Waals surface area (Å²) in [5.74, 6) is -1.78. The van der Waals surface area contributed by atoms with Crippen LogP contribution < -0.4 is 4.74 Å². The van der Waals surface area contributed by atoms with Gasteiger partial charge in [-0.05, 0) is 42.8 Å². The van der Waals surface area contributed by atoms with Gasteiger partial charge in [0.25, 0.3) is 0 Å². The standard InChI is InChI=1S/C14H9F2NO/c1-9-7-10(8-17)5-6-12(9)18-13-4-2-3-11(15)14(13)16/h2-7H,1H3. The highest BCUT2D eigenvalue weighted by molar-refractivity contribution is 5.43. The summed E-state index contributed by atoms with van der Waals surface area (Å²) >= 11 is 0. The van der Waals surface area contributed by atoms with E-state index in [0.29, 0.717) is 16.9 Å². The molecule has 90 valence electrons. The van der Waals surface area contributed by atoms with E-state index in [2.05, 4.69) is 0 Å². The normalized spacial score (nSPS) is 9.89. The maximum Gasteiger partial charge on any atom is 0.201 e. The summed E-state index contributed by atoms with van der Waals surface area (Å²) in [6.45, 7) is 1.73. The molecule has 0 unspecified atom stereocenters. The van der Waals surface area contributed by atoms with Crippen molar-refractivity contribution in [1.82, 2.24) is 0 Å². The first-order valence-corrected chi connectivity index (χ1v) is 5.24. The van der Waals surface area contributed by atoms with Crippen LogP contribution in [0.15, 0.2) is 36.4 Å². The van der Waals surface area contributed by atoms with Crippen molar-refractivity contribution < 1.29 is 13.5 Å². The molecule has 0 saturated carbocycles. The number of benzene rings is 2. The smallest absolute Gasteiger partial charge is 0.201 e. The maximum absolute atomic E-state index is 13.4. The first-order chi connectivity index (χ1) is 8.61. The van der Waals surface area contributed by atoms with E-state index in [0.717, 1.165) is 6.07 Å². The summed E-state index contributed by atoms with van der Waals surface area (Å²) < 4.78 is 31.7. The highest BCUT2D eigenvalue weighted by atomic mass is 19.2. The molecule has 0 saturated heterocycles. The van der Waals surface area contributed by atoms with E-state index < -0.39 is 11.6 Å². The minimum Gasteiger partial charge on any atom is -0.454 e. The van der Waals surface area contributed by atoms with E-state index in [1.54, 1.807) is 25.1 Å². The van der Waals surface area contributed by atoms with Gasteiger partial charge in [0, 0.05) is 0 Å². The second-order valence-electron chi connectivity index (χ2n) is 3.75. The number of halogens is 2. The molecule has 0 aromatic heterocycles. The molecule has 0 amide bonds. The Balaban J connectivity index is 2.35. The summed E-state index contributed by atoms with van der Waals surface area (Å²) in [5, 5.41) is 8.72. The number of hydrogen-bond donors (Lipinski definition) is 0. The van der Waals surface area contributed by atoms with Gasteiger partial charge in [-0.15, -0.1) is 0 Å². The SMILES string of the molecule is Cc1cc(C#N)ccc1Oc1cccc(F)c1F. The van der Waals surface area contributed by atoms with Gasteiger partial charge in [-0.3, -0.25) is 0 Å². The lowest BCUT2D eigenvalue weighted by molar-refractivity contribution is 0.414. The second-order valence-corrected chi connectivity index (χ2v) is 3.75. The number of nitrogens with zero attached hydrogens (tertiary/aromatic N) is 1. The quantitative estimate of drug-likeness (QED) is 0.802. The Morgan fingerprint density at radius 1 is 1.11 bits per heavy atom. The Morgan fingerprint density at radius 3 is 2.56 bits per heavy atom. The number of aryl methyl sites for hydroxylation is 1. The van der Waals surface area contributed by atoms with Crippen LogP contribution in [0.3, 0.4) is 0 Å². The van der Waals surface area contributed by atoms with Gasteiger partial charge in [0.05, 0.1) is 11.6 Å². The second kappa shape index (κ2) is 4.84. The first kappa shape index (κ1) is 12.1. The van der Waals surface area contributed by atoms with Gasteiger partial charge in [0.1, 0.15) is 5.75 Å². The summed E-state index contributed by atoms with van der Waals surface area (Å²) in [4.78, 5) is 0. The Labute approximate surface area is 103 Å².